The van der Waals surface area contributed by atoms with E-state index in [1.807, 2.05) is 0 Å². The average Bonchev–Trinajstić information content (AvgIpc) is 3.66. The molecule has 0 aromatic carbocycles. The van der Waals surface area contributed by atoms with Gasteiger partial charge in [0.15, 0.2) is 0 Å². The van der Waals surface area contributed by atoms with E-state index in [-0.39, 0.29) is 36.0 Å². The molecule has 3 saturated carbocycles. The van der Waals surface area contributed by atoms with E-state index in [2.05, 4.69) is 58.3 Å². The van der Waals surface area contributed by atoms with Gasteiger partial charge in [-0.3, -0.25) is 14.5 Å². The molecule has 0 spiro atoms. The molecule has 0 heterocycles. The lowest BCUT2D eigenvalue weighted by Crippen LogP contribution is -2.51. The summed E-state index contributed by atoms with van der Waals surface area (Å²) in [6.07, 6.45) is 43.1. The van der Waals surface area contributed by atoms with Crippen LogP contribution in [0.2, 0.25) is 0 Å². The van der Waals surface area contributed by atoms with E-state index in [1.54, 1.807) is 4.90 Å². The van der Waals surface area contributed by atoms with Crippen LogP contribution in [-0.2, 0) is 14.3 Å². The first kappa shape index (κ1) is 57.5. The monoisotopic (exact) mass is 937 g/mol. The van der Waals surface area contributed by atoms with Gasteiger partial charge in [0.2, 0.25) is 11.8 Å². The highest BCUT2D eigenvalue weighted by Crippen LogP contribution is 2.67. The van der Waals surface area contributed by atoms with Gasteiger partial charge in [0, 0.05) is 32.5 Å². The fourth-order valence-electron chi connectivity index (χ4n) is 13.9. The largest absolute Gasteiger partial charge is 0.446 e. The number of allylic oxidation sites excluding steroid dienone is 1. The van der Waals surface area contributed by atoms with Crippen LogP contribution in [-0.4, -0.2) is 61.6 Å². The van der Waals surface area contributed by atoms with E-state index in [4.69, 9.17) is 10.5 Å². The summed E-state index contributed by atoms with van der Waals surface area (Å²) in [6, 6.07) is 0. The number of nitrogens with one attached hydrogen (secondary N) is 2. The zero-order chi connectivity index (χ0) is 48.3. The van der Waals surface area contributed by atoms with Crippen LogP contribution in [0, 0.1) is 46.3 Å². The lowest BCUT2D eigenvalue weighted by Gasteiger charge is -2.58. The van der Waals surface area contributed by atoms with Crippen molar-refractivity contribution in [1.82, 2.24) is 15.5 Å². The average molecular weight is 938 g/mol. The van der Waals surface area contributed by atoms with Gasteiger partial charge in [0.25, 0.3) is 0 Å². The lowest BCUT2D eigenvalue weighted by molar-refractivity contribution is -0.122. The molecule has 0 aromatic heterocycles. The van der Waals surface area contributed by atoms with Gasteiger partial charge in [-0.15, -0.1) is 0 Å². The Labute approximate surface area is 413 Å². The minimum absolute atomic E-state index is 0.0191. The third-order valence-electron chi connectivity index (χ3n) is 18.0. The minimum Gasteiger partial charge on any atom is -0.446 e. The number of amides is 3. The van der Waals surface area contributed by atoms with Crippen molar-refractivity contribution in [3.63, 3.8) is 0 Å². The third kappa shape index (κ3) is 19.6. The summed E-state index contributed by atoms with van der Waals surface area (Å²) in [5, 5.41) is 6.12. The van der Waals surface area contributed by atoms with Crippen LogP contribution in [0.1, 0.15) is 260 Å². The smallest absolute Gasteiger partial charge is 0.410 e. The molecule has 388 valence electrons. The van der Waals surface area contributed by atoms with Crippen molar-refractivity contribution in [2.45, 2.75) is 266 Å². The maximum absolute atomic E-state index is 13.9. The SMILES string of the molecule is CCCCCCCCCCCCCCCCCCC(=O)NCCCCCCN(CC(=O)NCCCCN)C(=O)O[C@H]1CC[C@@]2(C)C(=CC[C@H]3[C@@H]4CC[C@H]([C@H](C)CCCC(C)C)[C@@]4(C)CC[C@@H]32)C1. The Morgan fingerprint density at radius 1 is 0.687 bits per heavy atom. The van der Waals surface area contributed by atoms with E-state index >= 15 is 0 Å². The second-order valence-electron chi connectivity index (χ2n) is 23.6. The number of carbonyl (C=O) groups excluding carboxylic acids is 3. The second kappa shape index (κ2) is 32.0. The summed E-state index contributed by atoms with van der Waals surface area (Å²) in [5.74, 6) is 4.87. The van der Waals surface area contributed by atoms with E-state index < -0.39 is 0 Å². The van der Waals surface area contributed by atoms with Crippen molar-refractivity contribution in [3.8, 4) is 0 Å². The number of carbonyl (C=O) groups is 3. The summed E-state index contributed by atoms with van der Waals surface area (Å²) < 4.78 is 6.32. The molecular weight excluding hydrogens is 829 g/mol. The first-order valence-electron chi connectivity index (χ1n) is 29.3. The van der Waals surface area contributed by atoms with Gasteiger partial charge < -0.3 is 21.1 Å². The Morgan fingerprint density at radius 3 is 1.93 bits per heavy atom. The molecule has 0 unspecified atom stereocenters. The minimum atomic E-state index is -0.353. The molecule has 3 fully saturated rings. The lowest BCUT2D eigenvalue weighted by atomic mass is 9.47. The van der Waals surface area contributed by atoms with Crippen LogP contribution >= 0.6 is 0 Å². The highest BCUT2D eigenvalue weighted by atomic mass is 16.6. The molecule has 0 aliphatic heterocycles. The summed E-state index contributed by atoms with van der Waals surface area (Å²) >= 11 is 0. The molecule has 8 atom stereocenters. The first-order valence-corrected chi connectivity index (χ1v) is 29.3. The number of fused-ring (bicyclic) bond motifs is 5. The van der Waals surface area contributed by atoms with E-state index in [0.29, 0.717) is 38.0 Å². The number of hydrogen-bond donors (Lipinski definition) is 3. The van der Waals surface area contributed by atoms with Gasteiger partial charge in [-0.25, -0.2) is 4.79 Å². The number of ether oxygens (including phenoxy) is 1. The van der Waals surface area contributed by atoms with Crippen LogP contribution < -0.4 is 16.4 Å². The predicted octanol–water partition coefficient (Wildman–Crippen LogP) is 15.0. The molecule has 4 rings (SSSR count). The van der Waals surface area contributed by atoms with Crippen molar-refractivity contribution in [2.24, 2.45) is 52.1 Å². The summed E-state index contributed by atoms with van der Waals surface area (Å²) in [5.41, 5.74) is 7.87. The fraction of sp³-hybridized carbons (Fsp3) is 0.915. The van der Waals surface area contributed by atoms with E-state index in [9.17, 15) is 14.4 Å². The van der Waals surface area contributed by atoms with Crippen LogP contribution in [0.15, 0.2) is 11.6 Å². The predicted molar refractivity (Wildman–Crippen MR) is 282 cm³/mol. The molecule has 0 bridgehead atoms. The summed E-state index contributed by atoms with van der Waals surface area (Å²) in [6.45, 7) is 17.2. The van der Waals surface area contributed by atoms with Crippen molar-refractivity contribution in [1.29, 1.82) is 0 Å². The maximum atomic E-state index is 13.9. The van der Waals surface area contributed by atoms with Gasteiger partial charge in [-0.2, -0.15) is 0 Å². The van der Waals surface area contributed by atoms with E-state index in [0.717, 1.165) is 106 Å². The van der Waals surface area contributed by atoms with Crippen LogP contribution in [0.4, 0.5) is 4.79 Å². The molecule has 0 saturated heterocycles. The molecule has 67 heavy (non-hydrogen) atoms. The van der Waals surface area contributed by atoms with Gasteiger partial charge in [0.05, 0.1) is 0 Å². The zero-order valence-corrected chi connectivity index (χ0v) is 44.9. The quantitative estimate of drug-likeness (QED) is 0.0428. The Hall–Kier alpha value is -2.09. The number of hydrogen-bond acceptors (Lipinski definition) is 5. The topological polar surface area (TPSA) is 114 Å². The highest BCUT2D eigenvalue weighted by molar-refractivity contribution is 5.82. The molecule has 4 N–H and O–H groups in total. The normalized spacial score (nSPS) is 26.0. The fourth-order valence-corrected chi connectivity index (χ4v) is 13.9. The van der Waals surface area contributed by atoms with Crippen molar-refractivity contribution >= 4 is 17.9 Å². The van der Waals surface area contributed by atoms with Crippen molar-refractivity contribution in [2.75, 3.05) is 32.7 Å². The Kier molecular flexibility index (Phi) is 27.5. The highest BCUT2D eigenvalue weighted by Gasteiger charge is 2.59. The summed E-state index contributed by atoms with van der Waals surface area (Å²) in [7, 11) is 0. The molecule has 3 amide bonds. The molecule has 0 aromatic rings. The van der Waals surface area contributed by atoms with Crippen LogP contribution in [0.25, 0.3) is 0 Å². The van der Waals surface area contributed by atoms with Crippen LogP contribution in [0.5, 0.6) is 0 Å². The maximum Gasteiger partial charge on any atom is 0.410 e. The van der Waals surface area contributed by atoms with Gasteiger partial charge in [-0.1, -0.05) is 182 Å². The van der Waals surface area contributed by atoms with E-state index in [1.165, 1.54) is 147 Å². The van der Waals surface area contributed by atoms with Crippen LogP contribution in [0.3, 0.4) is 0 Å². The van der Waals surface area contributed by atoms with Crippen molar-refractivity contribution < 1.29 is 19.1 Å². The molecule has 0 radical (unpaired) electrons. The second-order valence-corrected chi connectivity index (χ2v) is 23.6. The van der Waals surface area contributed by atoms with Crippen molar-refractivity contribution in [3.05, 3.63) is 11.6 Å². The molecule has 4 aliphatic rings. The standard InChI is InChI=1S/C59H108N4O4/c1-7-8-9-10-11-12-13-14-15-16-17-18-19-20-21-24-32-55(64)61-42-26-22-23-28-44-63(46-56(65)62-43-27-25-41-60)57(66)67-50-37-39-58(5)49(45-50)33-34-51-53-36-35-52(48(4)31-29-30-47(2)3)59(53,6)40-38-54(51)58/h33,47-48,50-54H,7-32,34-46,60H2,1-6H3,(H,61,64)(H,62,65)/t48-,50+,51+,52-,53+,54+,58+,59-/m1/s1. The Morgan fingerprint density at radius 2 is 1.28 bits per heavy atom. The molecule has 8 heteroatoms. The number of nitrogens with two attached hydrogens (primary N) is 1. The first-order chi connectivity index (χ1) is 32.4. The molecule has 4 aliphatic carbocycles. The molecular formula is C59H108N4O4. The Bertz CT molecular complexity index is 1420. The third-order valence-corrected chi connectivity index (χ3v) is 18.0. The van der Waals surface area contributed by atoms with Gasteiger partial charge >= 0.3 is 6.09 Å². The van der Waals surface area contributed by atoms with Gasteiger partial charge in [0.1, 0.15) is 12.6 Å². The van der Waals surface area contributed by atoms with Gasteiger partial charge in [-0.05, 0) is 130 Å². The zero-order valence-electron chi connectivity index (χ0n) is 44.9. The summed E-state index contributed by atoms with van der Waals surface area (Å²) in [4.78, 5) is 41.0. The molecule has 8 nitrogen and oxygen atoms in total. The number of unbranched alkanes of at least 4 members (excludes halogenated alkanes) is 19. The Balaban J connectivity index is 1.12. The number of nitrogens with zero attached hydrogens (tertiary/aromatic N) is 1. The number of rotatable bonds is 36.